The van der Waals surface area contributed by atoms with Gasteiger partial charge in [-0.2, -0.15) is 13.2 Å². The molecular weight excluding hydrogens is 379 g/mol. The molecule has 0 spiro atoms. The number of hydrogen-bond donors (Lipinski definition) is 2. The van der Waals surface area contributed by atoms with Gasteiger partial charge in [0.25, 0.3) is 11.6 Å². The Morgan fingerprint density at radius 1 is 1.30 bits per heavy atom. The smallest absolute Gasteiger partial charge is 0.416 e. The van der Waals surface area contributed by atoms with Crippen molar-refractivity contribution in [1.29, 1.82) is 0 Å². The number of imide groups is 1. The van der Waals surface area contributed by atoms with Crippen LogP contribution < -0.4 is 10.6 Å². The van der Waals surface area contributed by atoms with Crippen molar-refractivity contribution in [2.75, 3.05) is 19.0 Å². The third-order valence-corrected chi connectivity index (χ3v) is 3.03. The van der Waals surface area contributed by atoms with Crippen molar-refractivity contribution < 1.29 is 42.0 Å². The average molecular weight is 393 g/mol. The Bertz CT molecular complexity index is 752. The average Bonchev–Trinajstić information content (AvgIpc) is 2.58. The van der Waals surface area contributed by atoms with Gasteiger partial charge in [0.2, 0.25) is 0 Å². The summed E-state index contributed by atoms with van der Waals surface area (Å²) < 4.78 is 46.7. The molecule has 10 nitrogen and oxygen atoms in total. The number of nitro groups is 1. The molecule has 1 aromatic carbocycles. The molecular formula is C14H14F3N3O7. The standard InChI is InChI=1S/C14H14F3N3O7/c1-7(12(22)19-13(23)26-2)27-11(21)6-18-9-4-3-8(14(15,16)17)5-10(9)20(24)25/h3-5,7,18H,6H2,1-2H3,(H,19,22,23)/t7-/m0/s1. The molecule has 148 valence electrons. The van der Waals surface area contributed by atoms with E-state index in [0.29, 0.717) is 12.1 Å². The summed E-state index contributed by atoms with van der Waals surface area (Å²) in [5, 5.41) is 15.0. The van der Waals surface area contributed by atoms with Gasteiger partial charge >= 0.3 is 18.2 Å². The Kier molecular flexibility index (Phi) is 7.08. The fourth-order valence-corrected chi connectivity index (χ4v) is 1.72. The number of anilines is 1. The van der Waals surface area contributed by atoms with Crippen LogP contribution in [-0.2, 0) is 25.2 Å². The van der Waals surface area contributed by atoms with E-state index in [-0.39, 0.29) is 5.69 Å². The summed E-state index contributed by atoms with van der Waals surface area (Å²) in [6, 6.07) is 1.72. The number of hydrogen-bond acceptors (Lipinski definition) is 8. The summed E-state index contributed by atoms with van der Waals surface area (Å²) in [6.45, 7) is 0.471. The molecule has 0 aliphatic rings. The zero-order valence-corrected chi connectivity index (χ0v) is 14.0. The second kappa shape index (κ2) is 8.82. The van der Waals surface area contributed by atoms with Gasteiger partial charge in [0.1, 0.15) is 12.2 Å². The number of nitro benzene ring substituents is 1. The van der Waals surface area contributed by atoms with Crippen molar-refractivity contribution in [3.63, 3.8) is 0 Å². The number of alkyl carbamates (subject to hydrolysis) is 1. The van der Waals surface area contributed by atoms with E-state index in [2.05, 4.69) is 14.8 Å². The number of carbonyl (C=O) groups excluding carboxylic acids is 3. The molecule has 0 aliphatic carbocycles. The van der Waals surface area contributed by atoms with E-state index in [4.69, 9.17) is 0 Å². The maximum absolute atomic E-state index is 12.6. The zero-order valence-electron chi connectivity index (χ0n) is 14.0. The Balaban J connectivity index is 2.74. The van der Waals surface area contributed by atoms with Gasteiger partial charge in [0.15, 0.2) is 6.10 Å². The van der Waals surface area contributed by atoms with Crippen molar-refractivity contribution in [2.45, 2.75) is 19.2 Å². The number of ether oxygens (including phenoxy) is 2. The van der Waals surface area contributed by atoms with Gasteiger partial charge in [-0.15, -0.1) is 0 Å². The Morgan fingerprint density at radius 2 is 1.93 bits per heavy atom. The summed E-state index contributed by atoms with van der Waals surface area (Å²) in [5.41, 5.74) is -2.47. The molecule has 1 atom stereocenters. The largest absolute Gasteiger partial charge is 0.453 e. The number of nitrogens with one attached hydrogen (secondary N) is 2. The predicted octanol–water partition coefficient (Wildman–Crippen LogP) is 1.84. The topological polar surface area (TPSA) is 137 Å². The first kappa shape index (κ1) is 21.7. The SMILES string of the molecule is COC(=O)NC(=O)[C@H](C)OC(=O)CNc1ccc(C(F)(F)F)cc1[N+](=O)[O-]. The molecule has 2 amide bonds. The number of esters is 1. The van der Waals surface area contributed by atoms with Crippen LogP contribution in [-0.4, -0.2) is 42.7 Å². The summed E-state index contributed by atoms with van der Waals surface area (Å²) in [7, 11) is 1.01. The predicted molar refractivity (Wildman–Crippen MR) is 82.7 cm³/mol. The molecule has 0 fully saturated rings. The van der Waals surface area contributed by atoms with E-state index < -0.39 is 53.0 Å². The summed E-state index contributed by atoms with van der Waals surface area (Å²) in [5.74, 6) is -2.02. The minimum atomic E-state index is -4.77. The highest BCUT2D eigenvalue weighted by Gasteiger charge is 2.33. The number of alkyl halides is 3. The van der Waals surface area contributed by atoms with Gasteiger partial charge in [-0.3, -0.25) is 25.0 Å². The maximum atomic E-state index is 12.6. The van der Waals surface area contributed by atoms with E-state index in [9.17, 15) is 37.7 Å². The third-order valence-electron chi connectivity index (χ3n) is 3.03. The van der Waals surface area contributed by atoms with Crippen LogP contribution in [0.25, 0.3) is 0 Å². The quantitative estimate of drug-likeness (QED) is 0.424. The van der Waals surface area contributed by atoms with Crippen LogP contribution in [0.3, 0.4) is 0 Å². The number of halogens is 3. The fourth-order valence-electron chi connectivity index (χ4n) is 1.72. The maximum Gasteiger partial charge on any atom is 0.416 e. The van der Waals surface area contributed by atoms with Gasteiger partial charge in [-0.1, -0.05) is 0 Å². The van der Waals surface area contributed by atoms with E-state index in [1.54, 1.807) is 5.32 Å². The Hall–Kier alpha value is -3.38. The summed E-state index contributed by atoms with van der Waals surface area (Å²) in [4.78, 5) is 43.9. The van der Waals surface area contributed by atoms with Gasteiger partial charge in [-0.05, 0) is 19.1 Å². The lowest BCUT2D eigenvalue weighted by molar-refractivity contribution is -0.384. The van der Waals surface area contributed by atoms with Gasteiger partial charge in [0, 0.05) is 6.07 Å². The first-order valence-corrected chi connectivity index (χ1v) is 7.13. The second-order valence-electron chi connectivity index (χ2n) is 4.95. The van der Waals surface area contributed by atoms with Crippen LogP contribution in [0.1, 0.15) is 12.5 Å². The molecule has 27 heavy (non-hydrogen) atoms. The van der Waals surface area contributed by atoms with E-state index >= 15 is 0 Å². The van der Waals surface area contributed by atoms with Crippen molar-refractivity contribution in [1.82, 2.24) is 5.32 Å². The molecule has 1 aromatic rings. The number of methoxy groups -OCH3 is 1. The Labute approximate surface area is 149 Å². The van der Waals surface area contributed by atoms with Crippen molar-refractivity contribution in [3.05, 3.63) is 33.9 Å². The monoisotopic (exact) mass is 393 g/mol. The minimum Gasteiger partial charge on any atom is -0.453 e. The molecule has 0 bridgehead atoms. The highest BCUT2D eigenvalue weighted by Crippen LogP contribution is 2.34. The highest BCUT2D eigenvalue weighted by atomic mass is 19.4. The van der Waals surface area contributed by atoms with Crippen LogP contribution in [0, 0.1) is 10.1 Å². The van der Waals surface area contributed by atoms with Gasteiger partial charge in [-0.25, -0.2) is 4.79 Å². The zero-order chi connectivity index (χ0) is 20.8. The van der Waals surface area contributed by atoms with Crippen LogP contribution >= 0.6 is 0 Å². The number of nitrogens with zero attached hydrogens (tertiary/aromatic N) is 1. The lowest BCUT2D eigenvalue weighted by atomic mass is 10.1. The summed E-state index contributed by atoms with van der Waals surface area (Å²) in [6.07, 6.45) is -7.23. The fraction of sp³-hybridized carbons (Fsp3) is 0.357. The molecule has 13 heteroatoms. The molecule has 0 radical (unpaired) electrons. The lowest BCUT2D eigenvalue weighted by Crippen LogP contribution is -2.40. The molecule has 0 unspecified atom stereocenters. The minimum absolute atomic E-state index is 0.320. The lowest BCUT2D eigenvalue weighted by Gasteiger charge is -2.13. The van der Waals surface area contributed by atoms with E-state index in [0.717, 1.165) is 20.1 Å². The second-order valence-corrected chi connectivity index (χ2v) is 4.95. The first-order valence-electron chi connectivity index (χ1n) is 7.13. The number of rotatable bonds is 6. The van der Waals surface area contributed by atoms with E-state index in [1.165, 1.54) is 0 Å². The number of benzene rings is 1. The first-order chi connectivity index (χ1) is 12.5. The van der Waals surface area contributed by atoms with Gasteiger partial charge < -0.3 is 14.8 Å². The molecule has 0 heterocycles. The van der Waals surface area contributed by atoms with E-state index in [1.807, 2.05) is 0 Å². The van der Waals surface area contributed by atoms with Crippen molar-refractivity contribution >= 4 is 29.3 Å². The van der Waals surface area contributed by atoms with Crippen LogP contribution in [0.4, 0.5) is 29.3 Å². The molecule has 0 aromatic heterocycles. The van der Waals surface area contributed by atoms with Crippen LogP contribution in [0.15, 0.2) is 18.2 Å². The van der Waals surface area contributed by atoms with Crippen LogP contribution in [0.2, 0.25) is 0 Å². The molecule has 0 saturated heterocycles. The highest BCUT2D eigenvalue weighted by molar-refractivity contribution is 5.95. The van der Waals surface area contributed by atoms with Crippen molar-refractivity contribution in [2.24, 2.45) is 0 Å². The molecule has 0 saturated carbocycles. The third kappa shape index (κ3) is 6.45. The van der Waals surface area contributed by atoms with Crippen LogP contribution in [0.5, 0.6) is 0 Å². The van der Waals surface area contributed by atoms with Gasteiger partial charge in [0.05, 0.1) is 17.6 Å². The molecule has 0 aliphatic heterocycles. The number of amides is 2. The summed E-state index contributed by atoms with van der Waals surface area (Å²) >= 11 is 0. The van der Waals surface area contributed by atoms with Crippen molar-refractivity contribution in [3.8, 4) is 0 Å². The normalized spacial score (nSPS) is 11.9. The molecule has 2 N–H and O–H groups in total. The number of carbonyl (C=O) groups is 3. The molecule has 1 rings (SSSR count). The Morgan fingerprint density at radius 3 is 2.44 bits per heavy atom.